The number of piperazine rings is 1. The van der Waals surface area contributed by atoms with E-state index in [9.17, 15) is 4.79 Å². The standard InChI is InChI=1S/C17H30N4O2/c1-11(2)23-17(22)10-21-15(6)16(14(5)19-21)9-20-8-12(3)18-7-13(20)4/h11-13,18H,7-10H2,1-6H3. The first-order valence-electron chi connectivity index (χ1n) is 8.47. The fourth-order valence-electron chi connectivity index (χ4n) is 3.06. The Morgan fingerprint density at radius 1 is 1.39 bits per heavy atom. The van der Waals surface area contributed by atoms with Crippen molar-refractivity contribution in [1.29, 1.82) is 0 Å². The molecule has 1 aromatic heterocycles. The molecule has 130 valence electrons. The lowest BCUT2D eigenvalue weighted by Crippen LogP contribution is -2.53. The summed E-state index contributed by atoms with van der Waals surface area (Å²) in [6, 6.07) is 1.00. The summed E-state index contributed by atoms with van der Waals surface area (Å²) in [5.41, 5.74) is 3.28. The van der Waals surface area contributed by atoms with Crippen LogP contribution in [0.5, 0.6) is 0 Å². The molecule has 2 unspecified atom stereocenters. The topological polar surface area (TPSA) is 59.4 Å². The zero-order chi connectivity index (χ0) is 17.1. The molecular weight excluding hydrogens is 292 g/mol. The van der Waals surface area contributed by atoms with Gasteiger partial charge in [-0.3, -0.25) is 14.4 Å². The molecule has 0 aliphatic carbocycles. The van der Waals surface area contributed by atoms with Gasteiger partial charge in [-0.15, -0.1) is 0 Å². The van der Waals surface area contributed by atoms with Gasteiger partial charge in [0.05, 0.1) is 11.8 Å². The van der Waals surface area contributed by atoms with E-state index in [4.69, 9.17) is 4.74 Å². The lowest BCUT2D eigenvalue weighted by molar-refractivity contribution is -0.148. The van der Waals surface area contributed by atoms with Crippen LogP contribution in [0, 0.1) is 13.8 Å². The minimum absolute atomic E-state index is 0.0953. The maximum absolute atomic E-state index is 11.9. The first-order chi connectivity index (χ1) is 10.8. The molecule has 1 aliphatic heterocycles. The molecule has 1 aromatic rings. The number of nitrogens with zero attached hydrogens (tertiary/aromatic N) is 3. The Morgan fingerprint density at radius 3 is 2.74 bits per heavy atom. The van der Waals surface area contributed by atoms with Gasteiger partial charge in [0.2, 0.25) is 0 Å². The van der Waals surface area contributed by atoms with Gasteiger partial charge in [-0.25, -0.2) is 0 Å². The number of hydrogen-bond acceptors (Lipinski definition) is 5. The molecule has 2 heterocycles. The molecule has 0 saturated carbocycles. The van der Waals surface area contributed by atoms with Crippen LogP contribution < -0.4 is 5.32 Å². The highest BCUT2D eigenvalue weighted by Crippen LogP contribution is 2.19. The number of carbonyl (C=O) groups excluding carboxylic acids is 1. The summed E-state index contributed by atoms with van der Waals surface area (Å²) in [5, 5.41) is 8.04. The minimum Gasteiger partial charge on any atom is -0.462 e. The van der Waals surface area contributed by atoms with Crippen LogP contribution in [0.25, 0.3) is 0 Å². The van der Waals surface area contributed by atoms with Gasteiger partial charge in [0.25, 0.3) is 0 Å². The van der Waals surface area contributed by atoms with Crippen LogP contribution in [-0.4, -0.2) is 51.9 Å². The third kappa shape index (κ3) is 4.54. The lowest BCUT2D eigenvalue weighted by atomic mass is 10.1. The van der Waals surface area contributed by atoms with Crippen LogP contribution in [0.2, 0.25) is 0 Å². The van der Waals surface area contributed by atoms with E-state index < -0.39 is 0 Å². The number of hydrogen-bond donors (Lipinski definition) is 1. The second-order valence-electron chi connectivity index (χ2n) is 6.93. The van der Waals surface area contributed by atoms with E-state index in [1.54, 1.807) is 4.68 Å². The van der Waals surface area contributed by atoms with Crippen molar-refractivity contribution in [2.45, 2.75) is 72.8 Å². The Bertz CT molecular complexity index is 553. The van der Waals surface area contributed by atoms with E-state index in [-0.39, 0.29) is 18.6 Å². The van der Waals surface area contributed by atoms with Crippen LogP contribution in [-0.2, 0) is 22.6 Å². The zero-order valence-corrected chi connectivity index (χ0v) is 15.2. The van der Waals surface area contributed by atoms with Gasteiger partial charge in [-0.2, -0.15) is 5.10 Å². The van der Waals surface area contributed by atoms with E-state index in [0.29, 0.717) is 12.1 Å². The van der Waals surface area contributed by atoms with Gasteiger partial charge in [0.15, 0.2) is 0 Å². The average Bonchev–Trinajstić information content (AvgIpc) is 2.69. The molecule has 0 aromatic carbocycles. The number of ether oxygens (including phenoxy) is 1. The molecule has 1 N–H and O–H groups in total. The van der Waals surface area contributed by atoms with E-state index in [1.807, 2.05) is 27.7 Å². The molecule has 1 aliphatic rings. The van der Waals surface area contributed by atoms with Crippen molar-refractivity contribution in [1.82, 2.24) is 20.0 Å². The Labute approximate surface area is 139 Å². The van der Waals surface area contributed by atoms with Gasteiger partial charge in [0.1, 0.15) is 6.54 Å². The van der Waals surface area contributed by atoms with Crippen molar-refractivity contribution in [3.05, 3.63) is 17.0 Å². The average molecular weight is 322 g/mol. The van der Waals surface area contributed by atoms with Crippen molar-refractivity contribution in [2.24, 2.45) is 0 Å². The molecule has 0 bridgehead atoms. The van der Waals surface area contributed by atoms with Gasteiger partial charge >= 0.3 is 5.97 Å². The smallest absolute Gasteiger partial charge is 0.328 e. The summed E-state index contributed by atoms with van der Waals surface area (Å²) in [4.78, 5) is 14.4. The van der Waals surface area contributed by atoms with Crippen LogP contribution in [0.15, 0.2) is 0 Å². The largest absolute Gasteiger partial charge is 0.462 e. The Balaban J connectivity index is 2.09. The second kappa shape index (κ2) is 7.45. The summed E-state index contributed by atoms with van der Waals surface area (Å²) in [7, 11) is 0. The predicted octanol–water partition coefficient (Wildman–Crippen LogP) is 1.63. The number of nitrogens with one attached hydrogen (secondary N) is 1. The maximum Gasteiger partial charge on any atom is 0.328 e. The Morgan fingerprint density at radius 2 is 2.09 bits per heavy atom. The van der Waals surface area contributed by atoms with E-state index in [1.165, 1.54) is 5.56 Å². The number of rotatable bonds is 5. The highest BCUT2D eigenvalue weighted by molar-refractivity contribution is 5.69. The van der Waals surface area contributed by atoms with E-state index in [0.717, 1.165) is 31.0 Å². The molecule has 23 heavy (non-hydrogen) atoms. The van der Waals surface area contributed by atoms with Crippen molar-refractivity contribution in [2.75, 3.05) is 13.1 Å². The van der Waals surface area contributed by atoms with Crippen LogP contribution in [0.1, 0.15) is 44.6 Å². The first kappa shape index (κ1) is 17.9. The molecule has 2 rings (SSSR count). The molecule has 1 fully saturated rings. The normalized spacial score (nSPS) is 22.6. The first-order valence-corrected chi connectivity index (χ1v) is 8.47. The summed E-state index contributed by atoms with van der Waals surface area (Å²) < 4.78 is 6.99. The van der Waals surface area contributed by atoms with Gasteiger partial charge in [-0.1, -0.05) is 0 Å². The summed E-state index contributed by atoms with van der Waals surface area (Å²) in [5.74, 6) is -0.235. The minimum atomic E-state index is -0.235. The molecular formula is C17H30N4O2. The summed E-state index contributed by atoms with van der Waals surface area (Å²) in [6.07, 6.45) is -0.0953. The van der Waals surface area contributed by atoms with Gasteiger partial charge < -0.3 is 10.1 Å². The summed E-state index contributed by atoms with van der Waals surface area (Å²) in [6.45, 7) is 15.3. The Kier molecular flexibility index (Phi) is 5.81. The molecule has 6 heteroatoms. The third-order valence-corrected chi connectivity index (χ3v) is 4.43. The van der Waals surface area contributed by atoms with Crippen molar-refractivity contribution < 1.29 is 9.53 Å². The van der Waals surface area contributed by atoms with E-state index in [2.05, 4.69) is 29.2 Å². The van der Waals surface area contributed by atoms with Crippen molar-refractivity contribution in [3.8, 4) is 0 Å². The fraction of sp³-hybridized carbons (Fsp3) is 0.765. The van der Waals surface area contributed by atoms with Crippen LogP contribution in [0.4, 0.5) is 0 Å². The fourth-order valence-corrected chi connectivity index (χ4v) is 3.06. The molecule has 6 nitrogen and oxygen atoms in total. The summed E-state index contributed by atoms with van der Waals surface area (Å²) >= 11 is 0. The lowest BCUT2D eigenvalue weighted by Gasteiger charge is -2.37. The second-order valence-corrected chi connectivity index (χ2v) is 6.93. The van der Waals surface area contributed by atoms with Gasteiger partial charge in [0, 0.05) is 43.0 Å². The zero-order valence-electron chi connectivity index (χ0n) is 15.2. The monoisotopic (exact) mass is 322 g/mol. The molecule has 2 atom stereocenters. The maximum atomic E-state index is 11.9. The van der Waals surface area contributed by atoms with Crippen LogP contribution in [0.3, 0.4) is 0 Å². The Hall–Kier alpha value is -1.40. The molecule has 1 saturated heterocycles. The third-order valence-electron chi connectivity index (χ3n) is 4.43. The number of esters is 1. The van der Waals surface area contributed by atoms with Crippen molar-refractivity contribution >= 4 is 5.97 Å². The van der Waals surface area contributed by atoms with Crippen LogP contribution >= 0.6 is 0 Å². The SMILES string of the molecule is Cc1nn(CC(=O)OC(C)C)c(C)c1CN1CC(C)NCC1C. The molecule has 0 amide bonds. The molecule has 0 radical (unpaired) electrons. The highest BCUT2D eigenvalue weighted by Gasteiger charge is 2.25. The predicted molar refractivity (Wildman–Crippen MR) is 90.3 cm³/mol. The van der Waals surface area contributed by atoms with Gasteiger partial charge in [-0.05, 0) is 41.5 Å². The van der Waals surface area contributed by atoms with E-state index >= 15 is 0 Å². The number of aryl methyl sites for hydroxylation is 1. The quantitative estimate of drug-likeness (QED) is 0.835. The van der Waals surface area contributed by atoms with Crippen molar-refractivity contribution in [3.63, 3.8) is 0 Å². The number of carbonyl (C=O) groups is 1. The number of aromatic nitrogens is 2. The molecule has 0 spiro atoms. The highest BCUT2D eigenvalue weighted by atomic mass is 16.5.